The highest BCUT2D eigenvalue weighted by atomic mass is 16.5. The van der Waals surface area contributed by atoms with Gasteiger partial charge >= 0.3 is 0 Å². The van der Waals surface area contributed by atoms with Gasteiger partial charge in [-0.3, -0.25) is 9.79 Å². The summed E-state index contributed by atoms with van der Waals surface area (Å²) in [6, 6.07) is 18.2. The summed E-state index contributed by atoms with van der Waals surface area (Å²) >= 11 is 0. The Labute approximate surface area is 166 Å². The second-order valence-corrected chi connectivity index (χ2v) is 6.83. The summed E-state index contributed by atoms with van der Waals surface area (Å²) < 4.78 is 5.98. The van der Waals surface area contributed by atoms with Gasteiger partial charge in [-0.05, 0) is 23.6 Å². The summed E-state index contributed by atoms with van der Waals surface area (Å²) in [5, 5.41) is 6.09. The van der Waals surface area contributed by atoms with Crippen LogP contribution >= 0.6 is 0 Å². The van der Waals surface area contributed by atoms with E-state index in [1.807, 2.05) is 42.5 Å². The highest BCUT2D eigenvalue weighted by Crippen LogP contribution is 2.24. The second kappa shape index (κ2) is 9.90. The van der Waals surface area contributed by atoms with Crippen molar-refractivity contribution in [2.45, 2.75) is 19.6 Å². The van der Waals surface area contributed by atoms with Gasteiger partial charge in [0.15, 0.2) is 5.96 Å². The lowest BCUT2D eigenvalue weighted by molar-refractivity contribution is -0.120. The Balaban J connectivity index is 1.51. The Kier molecular flexibility index (Phi) is 7.03. The number of rotatable bonds is 5. The van der Waals surface area contributed by atoms with Crippen molar-refractivity contribution in [1.82, 2.24) is 15.5 Å². The third kappa shape index (κ3) is 5.33. The van der Waals surface area contributed by atoms with E-state index < -0.39 is 0 Å². The minimum absolute atomic E-state index is 0.000377. The number of carbonyl (C=O) groups is 1. The van der Waals surface area contributed by atoms with Crippen LogP contribution in [-0.4, -0.2) is 50.1 Å². The SMILES string of the molecule is CN=C(NCC(=O)NCc1ccccc1)N1CCOC(c2ccccc2C)C1. The van der Waals surface area contributed by atoms with Gasteiger partial charge in [-0.2, -0.15) is 0 Å². The number of guanidine groups is 1. The quantitative estimate of drug-likeness (QED) is 0.617. The third-order valence-corrected chi connectivity index (χ3v) is 4.85. The molecule has 1 saturated heterocycles. The molecular formula is C22H28N4O2. The van der Waals surface area contributed by atoms with Gasteiger partial charge in [-0.1, -0.05) is 54.6 Å². The monoisotopic (exact) mass is 380 g/mol. The molecule has 1 atom stereocenters. The van der Waals surface area contributed by atoms with Gasteiger partial charge in [0.2, 0.25) is 5.91 Å². The average Bonchev–Trinajstić information content (AvgIpc) is 2.74. The number of amides is 1. The van der Waals surface area contributed by atoms with Gasteiger partial charge in [0, 0.05) is 20.1 Å². The molecule has 2 N–H and O–H groups in total. The van der Waals surface area contributed by atoms with Crippen molar-refractivity contribution in [3.63, 3.8) is 0 Å². The maximum Gasteiger partial charge on any atom is 0.239 e. The molecule has 0 spiro atoms. The largest absolute Gasteiger partial charge is 0.370 e. The summed E-state index contributed by atoms with van der Waals surface area (Å²) in [6.45, 7) is 4.88. The predicted molar refractivity (Wildman–Crippen MR) is 111 cm³/mol. The lowest BCUT2D eigenvalue weighted by atomic mass is 10.0. The van der Waals surface area contributed by atoms with E-state index in [-0.39, 0.29) is 18.6 Å². The first-order valence-electron chi connectivity index (χ1n) is 9.60. The van der Waals surface area contributed by atoms with Crippen molar-refractivity contribution in [3.05, 3.63) is 71.3 Å². The Hall–Kier alpha value is -2.86. The molecule has 1 unspecified atom stereocenters. The molecular weight excluding hydrogens is 352 g/mol. The van der Waals surface area contributed by atoms with Crippen LogP contribution in [0.15, 0.2) is 59.6 Å². The van der Waals surface area contributed by atoms with Crippen LogP contribution in [0, 0.1) is 6.92 Å². The van der Waals surface area contributed by atoms with Crippen LogP contribution in [0.25, 0.3) is 0 Å². The standard InChI is InChI=1S/C22H28N4O2/c1-17-8-6-7-11-19(17)20-16-26(12-13-28-20)22(23-2)25-15-21(27)24-14-18-9-4-3-5-10-18/h3-11,20H,12-16H2,1-2H3,(H,23,25)(H,24,27). The van der Waals surface area contributed by atoms with Crippen molar-refractivity contribution in [2.75, 3.05) is 33.3 Å². The summed E-state index contributed by atoms with van der Waals surface area (Å²) in [4.78, 5) is 18.7. The molecule has 2 aromatic rings. The van der Waals surface area contributed by atoms with Crippen molar-refractivity contribution in [3.8, 4) is 0 Å². The fourth-order valence-corrected chi connectivity index (χ4v) is 3.33. The minimum atomic E-state index is -0.0614. The van der Waals surface area contributed by atoms with Gasteiger partial charge in [-0.15, -0.1) is 0 Å². The summed E-state index contributed by atoms with van der Waals surface area (Å²) in [5.74, 6) is 0.658. The van der Waals surface area contributed by atoms with Gasteiger partial charge in [-0.25, -0.2) is 0 Å². The van der Waals surface area contributed by atoms with Gasteiger partial charge in [0.05, 0.1) is 19.7 Å². The van der Waals surface area contributed by atoms with E-state index in [4.69, 9.17) is 4.74 Å². The van der Waals surface area contributed by atoms with Gasteiger partial charge in [0.1, 0.15) is 6.10 Å². The van der Waals surface area contributed by atoms with Crippen LogP contribution in [0.1, 0.15) is 22.8 Å². The number of aliphatic imine (C=N–C) groups is 1. The van der Waals surface area contributed by atoms with Crippen molar-refractivity contribution >= 4 is 11.9 Å². The topological polar surface area (TPSA) is 66.0 Å². The lowest BCUT2D eigenvalue weighted by Crippen LogP contribution is -2.50. The molecule has 1 amide bonds. The average molecular weight is 380 g/mol. The second-order valence-electron chi connectivity index (χ2n) is 6.83. The first-order chi connectivity index (χ1) is 13.7. The Morgan fingerprint density at radius 3 is 2.64 bits per heavy atom. The Bertz CT molecular complexity index is 807. The number of carbonyl (C=O) groups excluding carboxylic acids is 1. The maximum absolute atomic E-state index is 12.2. The Morgan fingerprint density at radius 2 is 1.89 bits per heavy atom. The van der Waals surface area contributed by atoms with Crippen LogP contribution in [0.4, 0.5) is 0 Å². The normalized spacial score (nSPS) is 17.3. The van der Waals surface area contributed by atoms with Crippen molar-refractivity contribution in [1.29, 1.82) is 0 Å². The lowest BCUT2D eigenvalue weighted by Gasteiger charge is -2.35. The number of nitrogens with zero attached hydrogens (tertiary/aromatic N) is 2. The fourth-order valence-electron chi connectivity index (χ4n) is 3.33. The summed E-state index contributed by atoms with van der Waals surface area (Å²) in [5.41, 5.74) is 3.50. The van der Waals surface area contributed by atoms with Gasteiger partial charge < -0.3 is 20.3 Å². The molecule has 28 heavy (non-hydrogen) atoms. The molecule has 0 saturated carbocycles. The van der Waals surface area contributed by atoms with Crippen LogP contribution < -0.4 is 10.6 Å². The third-order valence-electron chi connectivity index (χ3n) is 4.85. The molecule has 0 radical (unpaired) electrons. The number of morpholine rings is 1. The van der Waals surface area contributed by atoms with Gasteiger partial charge in [0.25, 0.3) is 0 Å². The van der Waals surface area contributed by atoms with E-state index in [0.29, 0.717) is 19.7 Å². The van der Waals surface area contributed by atoms with E-state index in [2.05, 4.69) is 39.6 Å². The fraction of sp³-hybridized carbons (Fsp3) is 0.364. The Morgan fingerprint density at radius 1 is 1.14 bits per heavy atom. The highest BCUT2D eigenvalue weighted by molar-refractivity contribution is 5.86. The van der Waals surface area contributed by atoms with Crippen LogP contribution in [0.5, 0.6) is 0 Å². The molecule has 3 rings (SSSR count). The molecule has 1 aliphatic rings. The zero-order valence-electron chi connectivity index (χ0n) is 16.5. The van der Waals surface area contributed by atoms with E-state index >= 15 is 0 Å². The first kappa shape index (κ1) is 19.9. The van der Waals surface area contributed by atoms with E-state index in [9.17, 15) is 4.79 Å². The van der Waals surface area contributed by atoms with E-state index in [1.165, 1.54) is 11.1 Å². The maximum atomic E-state index is 12.2. The zero-order valence-corrected chi connectivity index (χ0v) is 16.5. The number of nitrogens with one attached hydrogen (secondary N) is 2. The molecule has 6 nitrogen and oxygen atoms in total. The number of hydrogen-bond donors (Lipinski definition) is 2. The molecule has 148 valence electrons. The minimum Gasteiger partial charge on any atom is -0.370 e. The zero-order chi connectivity index (χ0) is 19.8. The smallest absolute Gasteiger partial charge is 0.239 e. The summed E-state index contributed by atoms with van der Waals surface area (Å²) in [6.07, 6.45) is 0.000377. The first-order valence-corrected chi connectivity index (χ1v) is 9.60. The molecule has 6 heteroatoms. The molecule has 1 heterocycles. The predicted octanol–water partition coefficient (Wildman–Crippen LogP) is 2.26. The number of aryl methyl sites for hydroxylation is 1. The van der Waals surface area contributed by atoms with Crippen molar-refractivity contribution in [2.24, 2.45) is 4.99 Å². The van der Waals surface area contributed by atoms with Crippen LogP contribution in [0.3, 0.4) is 0 Å². The van der Waals surface area contributed by atoms with Crippen LogP contribution in [0.2, 0.25) is 0 Å². The molecule has 0 aliphatic carbocycles. The molecule has 0 aromatic heterocycles. The molecule has 2 aromatic carbocycles. The van der Waals surface area contributed by atoms with Crippen LogP contribution in [-0.2, 0) is 16.1 Å². The van der Waals surface area contributed by atoms with E-state index in [0.717, 1.165) is 18.1 Å². The molecule has 1 aliphatic heterocycles. The number of hydrogen-bond acceptors (Lipinski definition) is 3. The van der Waals surface area contributed by atoms with E-state index in [1.54, 1.807) is 7.05 Å². The summed E-state index contributed by atoms with van der Waals surface area (Å²) in [7, 11) is 1.74. The number of ether oxygens (including phenoxy) is 1. The molecule has 0 bridgehead atoms. The van der Waals surface area contributed by atoms with Crippen molar-refractivity contribution < 1.29 is 9.53 Å². The molecule has 1 fully saturated rings. The number of benzene rings is 2. The highest BCUT2D eigenvalue weighted by Gasteiger charge is 2.25.